The summed E-state index contributed by atoms with van der Waals surface area (Å²) in [5.41, 5.74) is 0. The lowest BCUT2D eigenvalue weighted by Gasteiger charge is -2.24. The fourth-order valence-electron chi connectivity index (χ4n) is 1.68. The molecule has 1 heterocycles. The van der Waals surface area contributed by atoms with Gasteiger partial charge in [-0.2, -0.15) is 13.2 Å². The topological polar surface area (TPSA) is 57.6 Å². The molecule has 1 unspecified atom stereocenters. The predicted octanol–water partition coefficient (Wildman–Crippen LogP) is 1.01. The number of amides is 1. The lowest BCUT2D eigenvalue weighted by Crippen LogP contribution is -2.44. The van der Waals surface area contributed by atoms with Gasteiger partial charge in [0.25, 0.3) is 0 Å². The molecule has 1 aliphatic rings. The molecule has 7 heteroatoms. The summed E-state index contributed by atoms with van der Waals surface area (Å²) in [6.45, 7) is -0.0176. The van der Waals surface area contributed by atoms with Gasteiger partial charge in [-0.1, -0.05) is 0 Å². The molecule has 1 fully saturated rings. The molecule has 0 saturated carbocycles. The number of aliphatic carboxylic acids is 1. The third-order valence-corrected chi connectivity index (χ3v) is 2.29. The van der Waals surface area contributed by atoms with Crippen LogP contribution in [-0.4, -0.2) is 40.6 Å². The summed E-state index contributed by atoms with van der Waals surface area (Å²) in [5.74, 6) is -3.13. The first-order valence-corrected chi connectivity index (χ1v) is 4.42. The van der Waals surface area contributed by atoms with E-state index in [1.807, 2.05) is 0 Å². The minimum atomic E-state index is -4.92. The Morgan fingerprint density at radius 2 is 2.00 bits per heavy atom. The van der Waals surface area contributed by atoms with Gasteiger partial charge in [0.2, 0.25) is 0 Å². The van der Waals surface area contributed by atoms with Crippen molar-refractivity contribution in [2.24, 2.45) is 0 Å². The molecule has 1 N–H and O–H groups in total. The molecule has 0 bridgehead atoms. The second kappa shape index (κ2) is 4.08. The minimum absolute atomic E-state index is 0.0176. The van der Waals surface area contributed by atoms with Crippen molar-refractivity contribution in [2.45, 2.75) is 31.5 Å². The van der Waals surface area contributed by atoms with E-state index < -0.39 is 30.5 Å². The van der Waals surface area contributed by atoms with Crippen LogP contribution in [0, 0.1) is 0 Å². The smallest absolute Gasteiger partial charge is 0.471 e. The van der Waals surface area contributed by atoms with E-state index in [9.17, 15) is 22.8 Å². The lowest BCUT2D eigenvalue weighted by atomic mass is 10.1. The van der Waals surface area contributed by atoms with Crippen LogP contribution in [0.2, 0.25) is 0 Å². The quantitative estimate of drug-likeness (QED) is 0.763. The third kappa shape index (κ3) is 2.84. The average molecular weight is 225 g/mol. The predicted molar refractivity (Wildman–Crippen MR) is 43.0 cm³/mol. The largest absolute Gasteiger partial charge is 0.481 e. The molecule has 0 radical (unpaired) electrons. The molecular formula is C8H10F3NO3. The van der Waals surface area contributed by atoms with E-state index in [0.717, 1.165) is 0 Å². The molecule has 15 heavy (non-hydrogen) atoms. The monoisotopic (exact) mass is 225 g/mol. The van der Waals surface area contributed by atoms with Crippen molar-refractivity contribution in [1.29, 1.82) is 0 Å². The number of hydrogen-bond acceptors (Lipinski definition) is 2. The molecular weight excluding hydrogens is 215 g/mol. The van der Waals surface area contributed by atoms with Gasteiger partial charge >= 0.3 is 18.1 Å². The Morgan fingerprint density at radius 3 is 2.47 bits per heavy atom. The van der Waals surface area contributed by atoms with Gasteiger partial charge in [0, 0.05) is 12.6 Å². The Kier molecular flexibility index (Phi) is 3.21. The maximum Gasteiger partial charge on any atom is 0.471 e. The molecule has 86 valence electrons. The highest BCUT2D eigenvalue weighted by Crippen LogP contribution is 2.26. The number of likely N-dealkylation sites (tertiary alicyclic amines) is 1. The molecule has 1 aliphatic heterocycles. The van der Waals surface area contributed by atoms with Crippen molar-refractivity contribution in [1.82, 2.24) is 4.90 Å². The first-order chi connectivity index (χ1) is 6.82. The van der Waals surface area contributed by atoms with Crippen LogP contribution in [0.5, 0.6) is 0 Å². The number of carbonyl (C=O) groups excluding carboxylic acids is 1. The van der Waals surface area contributed by atoms with Crippen LogP contribution in [0.3, 0.4) is 0 Å². The standard InChI is InChI=1S/C8H10F3NO3/c9-8(10,11)7(15)12-3-1-2-5(12)4-6(13)14/h5H,1-4H2,(H,13,14). The van der Waals surface area contributed by atoms with E-state index in [1.165, 1.54) is 0 Å². The summed E-state index contributed by atoms with van der Waals surface area (Å²) in [6, 6.07) is -0.823. The number of alkyl halides is 3. The molecule has 0 spiro atoms. The van der Waals surface area contributed by atoms with Crippen LogP contribution in [-0.2, 0) is 9.59 Å². The van der Waals surface area contributed by atoms with Crippen molar-refractivity contribution in [2.75, 3.05) is 6.54 Å². The Labute approximate surface area is 83.7 Å². The second-order valence-electron chi connectivity index (χ2n) is 3.39. The zero-order valence-electron chi connectivity index (χ0n) is 7.75. The van der Waals surface area contributed by atoms with Crippen molar-refractivity contribution in [3.8, 4) is 0 Å². The molecule has 1 amide bonds. The van der Waals surface area contributed by atoms with Crippen LogP contribution in [0.15, 0.2) is 0 Å². The first kappa shape index (κ1) is 11.8. The van der Waals surface area contributed by atoms with Crippen molar-refractivity contribution < 1.29 is 27.9 Å². The first-order valence-electron chi connectivity index (χ1n) is 4.42. The van der Waals surface area contributed by atoms with Crippen molar-refractivity contribution in [3.05, 3.63) is 0 Å². The number of carboxylic acids is 1. The van der Waals surface area contributed by atoms with Gasteiger partial charge in [-0.05, 0) is 12.8 Å². The molecule has 0 aromatic heterocycles. The molecule has 0 aromatic rings. The summed E-state index contributed by atoms with van der Waals surface area (Å²) in [5, 5.41) is 8.46. The van der Waals surface area contributed by atoms with Crippen molar-refractivity contribution >= 4 is 11.9 Å². The van der Waals surface area contributed by atoms with Crippen LogP contribution in [0.4, 0.5) is 13.2 Å². The summed E-state index contributed by atoms with van der Waals surface area (Å²) < 4.78 is 36.2. The Hall–Kier alpha value is -1.27. The van der Waals surface area contributed by atoms with Gasteiger partial charge in [0.05, 0.1) is 6.42 Å². The fraction of sp³-hybridized carbons (Fsp3) is 0.750. The fourth-order valence-corrected chi connectivity index (χ4v) is 1.68. The second-order valence-corrected chi connectivity index (χ2v) is 3.39. The van der Waals surface area contributed by atoms with Crippen LogP contribution in [0.1, 0.15) is 19.3 Å². The zero-order valence-corrected chi connectivity index (χ0v) is 7.75. The van der Waals surface area contributed by atoms with E-state index >= 15 is 0 Å². The highest BCUT2D eigenvalue weighted by atomic mass is 19.4. The van der Waals surface area contributed by atoms with Gasteiger partial charge in [-0.3, -0.25) is 9.59 Å². The van der Waals surface area contributed by atoms with E-state index in [0.29, 0.717) is 17.7 Å². The van der Waals surface area contributed by atoms with Gasteiger partial charge in [-0.15, -0.1) is 0 Å². The maximum absolute atomic E-state index is 12.1. The Morgan fingerprint density at radius 1 is 1.40 bits per heavy atom. The van der Waals surface area contributed by atoms with E-state index in [1.54, 1.807) is 0 Å². The van der Waals surface area contributed by atoms with Crippen LogP contribution in [0.25, 0.3) is 0 Å². The highest BCUT2D eigenvalue weighted by Gasteiger charge is 2.46. The SMILES string of the molecule is O=C(O)CC1CCCN1C(=O)C(F)(F)F. The minimum Gasteiger partial charge on any atom is -0.481 e. The summed E-state index contributed by atoms with van der Waals surface area (Å²) >= 11 is 0. The molecule has 0 aromatic carbocycles. The summed E-state index contributed by atoms with van der Waals surface area (Å²) in [4.78, 5) is 21.8. The van der Waals surface area contributed by atoms with Crippen LogP contribution < -0.4 is 0 Å². The number of carbonyl (C=O) groups is 2. The summed E-state index contributed by atoms with van der Waals surface area (Å²) in [6.07, 6.45) is -4.61. The van der Waals surface area contributed by atoms with Gasteiger partial charge in [0.15, 0.2) is 0 Å². The maximum atomic E-state index is 12.1. The number of halogens is 3. The normalized spacial score (nSPS) is 21.8. The number of rotatable bonds is 2. The summed E-state index contributed by atoms with van der Waals surface area (Å²) in [7, 11) is 0. The molecule has 1 saturated heterocycles. The molecule has 1 rings (SSSR count). The van der Waals surface area contributed by atoms with Gasteiger partial charge < -0.3 is 10.0 Å². The number of hydrogen-bond donors (Lipinski definition) is 1. The van der Waals surface area contributed by atoms with E-state index in [2.05, 4.69) is 0 Å². The number of carboxylic acid groups (broad SMARTS) is 1. The van der Waals surface area contributed by atoms with E-state index in [4.69, 9.17) is 5.11 Å². The molecule has 1 atom stereocenters. The van der Waals surface area contributed by atoms with Gasteiger partial charge in [0.1, 0.15) is 0 Å². The average Bonchev–Trinajstić information content (AvgIpc) is 2.48. The Balaban J connectivity index is 2.68. The van der Waals surface area contributed by atoms with Gasteiger partial charge in [-0.25, -0.2) is 0 Å². The van der Waals surface area contributed by atoms with Crippen molar-refractivity contribution in [3.63, 3.8) is 0 Å². The highest BCUT2D eigenvalue weighted by molar-refractivity contribution is 5.83. The third-order valence-electron chi connectivity index (χ3n) is 2.29. The van der Waals surface area contributed by atoms with Crippen LogP contribution >= 0.6 is 0 Å². The van der Waals surface area contributed by atoms with E-state index in [-0.39, 0.29) is 6.54 Å². The molecule has 4 nitrogen and oxygen atoms in total. The molecule has 0 aliphatic carbocycles. The lowest BCUT2D eigenvalue weighted by molar-refractivity contribution is -0.186. The Bertz CT molecular complexity index is 277. The zero-order chi connectivity index (χ0) is 11.6. The number of nitrogens with zero attached hydrogens (tertiary/aromatic N) is 1.